The average molecular weight is 666 g/mol. The number of hydrogen-bond acceptors (Lipinski definition) is 2. The lowest BCUT2D eigenvalue weighted by Crippen LogP contribution is -2.32. The van der Waals surface area contributed by atoms with Gasteiger partial charge in [-0.1, -0.05) is 147 Å². The first-order valence-corrected chi connectivity index (χ1v) is 18.2. The summed E-state index contributed by atoms with van der Waals surface area (Å²) in [6, 6.07) is 64.6. The predicted molar refractivity (Wildman–Crippen MR) is 214 cm³/mol. The molecule has 1 aliphatic heterocycles. The van der Waals surface area contributed by atoms with E-state index in [4.69, 9.17) is 4.74 Å². The van der Waals surface area contributed by atoms with Crippen LogP contribution in [-0.2, 0) is 10.8 Å². The van der Waals surface area contributed by atoms with E-state index in [1.807, 2.05) is 0 Å². The molecular formula is C50H35NO. The Morgan fingerprint density at radius 2 is 1.00 bits per heavy atom. The molecule has 0 saturated carbocycles. The van der Waals surface area contributed by atoms with Crippen LogP contribution in [0.2, 0.25) is 0 Å². The monoisotopic (exact) mass is 665 g/mol. The lowest BCUT2D eigenvalue weighted by molar-refractivity contribution is 0.441. The number of rotatable bonds is 3. The van der Waals surface area contributed by atoms with Gasteiger partial charge < -0.3 is 9.64 Å². The average Bonchev–Trinajstić information content (AvgIpc) is 3.61. The van der Waals surface area contributed by atoms with Crippen LogP contribution in [0.3, 0.4) is 0 Å². The van der Waals surface area contributed by atoms with Crippen molar-refractivity contribution in [1.82, 2.24) is 0 Å². The molecule has 1 atom stereocenters. The van der Waals surface area contributed by atoms with E-state index in [2.05, 4.69) is 195 Å². The van der Waals surface area contributed by atoms with Gasteiger partial charge in [0.25, 0.3) is 0 Å². The first-order chi connectivity index (χ1) is 25.5. The summed E-state index contributed by atoms with van der Waals surface area (Å²) in [4.78, 5) is 2.43. The molecule has 1 unspecified atom stereocenters. The molecule has 0 N–H and O–H groups in total. The third-order valence-electron chi connectivity index (χ3n) is 11.9. The maximum atomic E-state index is 6.90. The van der Waals surface area contributed by atoms with Gasteiger partial charge in [-0.2, -0.15) is 0 Å². The zero-order valence-electron chi connectivity index (χ0n) is 29.1. The molecule has 246 valence electrons. The lowest BCUT2D eigenvalue weighted by Gasteiger charge is -2.40. The molecule has 0 fully saturated rings. The summed E-state index contributed by atoms with van der Waals surface area (Å²) in [5.41, 5.74) is 15.6. The Kier molecular flexibility index (Phi) is 5.97. The first-order valence-electron chi connectivity index (χ1n) is 18.2. The van der Waals surface area contributed by atoms with Crippen molar-refractivity contribution in [3.05, 3.63) is 209 Å². The molecule has 8 aromatic rings. The minimum Gasteiger partial charge on any atom is -0.456 e. The maximum Gasteiger partial charge on any atom is 0.140 e. The van der Waals surface area contributed by atoms with Gasteiger partial charge in [-0.25, -0.2) is 0 Å². The molecule has 2 aliphatic carbocycles. The summed E-state index contributed by atoms with van der Waals surface area (Å²) in [6.45, 7) is 4.69. The standard InChI is InChI=1S/C50H35NO/c1-49(2)41-20-10-8-19-38(41)40-30-34(26-29-42(40)49)51(33-15-4-3-5-16-33)35-25-27-39-37-18-9-11-21-43(37)50(46(39)31-35)44-22-12-13-23-47(44)52-48-36-17-7-6-14-32(36)24-28-45(48)50/h3-31H,1-2H3. The Bertz CT molecular complexity index is 2760. The van der Waals surface area contributed by atoms with Crippen molar-refractivity contribution in [1.29, 1.82) is 0 Å². The smallest absolute Gasteiger partial charge is 0.140 e. The van der Waals surface area contributed by atoms with E-state index in [-0.39, 0.29) is 5.41 Å². The number of benzene rings is 8. The summed E-state index contributed by atoms with van der Waals surface area (Å²) >= 11 is 0. The van der Waals surface area contributed by atoms with Gasteiger partial charge in [0.05, 0.1) is 5.41 Å². The van der Waals surface area contributed by atoms with E-state index in [0.717, 1.165) is 33.9 Å². The van der Waals surface area contributed by atoms with Gasteiger partial charge in [0.15, 0.2) is 0 Å². The number of ether oxygens (including phenoxy) is 1. The SMILES string of the molecule is CC1(C)c2ccccc2-c2cc(N(c3ccccc3)c3ccc4c(c3)C3(c5ccccc5Oc5c3ccc3ccccc53)c3ccccc3-4)ccc21. The highest BCUT2D eigenvalue weighted by atomic mass is 16.5. The number of nitrogens with zero attached hydrogens (tertiary/aromatic N) is 1. The summed E-state index contributed by atoms with van der Waals surface area (Å²) < 4.78 is 6.90. The van der Waals surface area contributed by atoms with E-state index in [1.165, 1.54) is 61.0 Å². The molecule has 1 heterocycles. The molecule has 0 aromatic heterocycles. The van der Waals surface area contributed by atoms with Crippen LogP contribution in [0, 0.1) is 0 Å². The van der Waals surface area contributed by atoms with Crippen LogP contribution in [-0.4, -0.2) is 0 Å². The van der Waals surface area contributed by atoms with Crippen LogP contribution in [0.15, 0.2) is 176 Å². The molecule has 0 bridgehead atoms. The van der Waals surface area contributed by atoms with E-state index >= 15 is 0 Å². The lowest BCUT2D eigenvalue weighted by atomic mass is 9.65. The van der Waals surface area contributed by atoms with Gasteiger partial charge in [-0.3, -0.25) is 0 Å². The summed E-state index contributed by atoms with van der Waals surface area (Å²) in [5.74, 6) is 1.84. The topological polar surface area (TPSA) is 12.5 Å². The second-order valence-corrected chi connectivity index (χ2v) is 14.9. The van der Waals surface area contributed by atoms with Crippen molar-refractivity contribution in [2.45, 2.75) is 24.7 Å². The van der Waals surface area contributed by atoms with Gasteiger partial charge in [0.2, 0.25) is 0 Å². The molecule has 0 saturated heterocycles. The van der Waals surface area contributed by atoms with Gasteiger partial charge in [-0.15, -0.1) is 0 Å². The third kappa shape index (κ3) is 3.79. The van der Waals surface area contributed by atoms with Crippen molar-refractivity contribution in [2.75, 3.05) is 4.90 Å². The van der Waals surface area contributed by atoms with Gasteiger partial charge in [-0.05, 0) is 92.4 Å². The van der Waals surface area contributed by atoms with E-state index in [0.29, 0.717) is 0 Å². The highest BCUT2D eigenvalue weighted by molar-refractivity contribution is 5.97. The Balaban J connectivity index is 1.20. The van der Waals surface area contributed by atoms with E-state index < -0.39 is 5.41 Å². The zero-order valence-corrected chi connectivity index (χ0v) is 29.1. The van der Waals surface area contributed by atoms with Crippen LogP contribution < -0.4 is 9.64 Å². The van der Waals surface area contributed by atoms with Gasteiger partial charge in [0.1, 0.15) is 11.5 Å². The molecule has 11 rings (SSSR count). The van der Waals surface area contributed by atoms with E-state index in [1.54, 1.807) is 0 Å². The Morgan fingerprint density at radius 3 is 1.85 bits per heavy atom. The van der Waals surface area contributed by atoms with Gasteiger partial charge in [0, 0.05) is 39.0 Å². The molecule has 52 heavy (non-hydrogen) atoms. The van der Waals surface area contributed by atoms with E-state index in [9.17, 15) is 0 Å². The molecule has 2 nitrogen and oxygen atoms in total. The fourth-order valence-corrected chi connectivity index (χ4v) is 9.63. The summed E-state index contributed by atoms with van der Waals surface area (Å²) in [6.07, 6.45) is 0. The van der Waals surface area contributed by atoms with Crippen molar-refractivity contribution in [3.63, 3.8) is 0 Å². The second-order valence-electron chi connectivity index (χ2n) is 14.9. The molecule has 3 aliphatic rings. The normalized spacial score (nSPS) is 16.7. The van der Waals surface area contributed by atoms with Crippen molar-refractivity contribution >= 4 is 27.8 Å². The Morgan fingerprint density at radius 1 is 0.404 bits per heavy atom. The number of anilines is 3. The number of fused-ring (bicyclic) bond motifs is 14. The highest BCUT2D eigenvalue weighted by Crippen LogP contribution is 2.63. The van der Waals surface area contributed by atoms with Crippen LogP contribution in [0.4, 0.5) is 17.1 Å². The molecule has 0 radical (unpaired) electrons. The molecule has 0 amide bonds. The van der Waals surface area contributed by atoms with Crippen molar-refractivity contribution < 1.29 is 4.74 Å². The van der Waals surface area contributed by atoms with Crippen molar-refractivity contribution in [2.24, 2.45) is 0 Å². The summed E-state index contributed by atoms with van der Waals surface area (Å²) in [7, 11) is 0. The fourth-order valence-electron chi connectivity index (χ4n) is 9.63. The summed E-state index contributed by atoms with van der Waals surface area (Å²) in [5, 5.41) is 2.30. The van der Waals surface area contributed by atoms with Crippen LogP contribution >= 0.6 is 0 Å². The second kappa shape index (κ2) is 10.6. The number of hydrogen-bond donors (Lipinski definition) is 0. The largest absolute Gasteiger partial charge is 0.456 e. The maximum absolute atomic E-state index is 6.90. The Labute approximate surface area is 304 Å². The zero-order chi connectivity index (χ0) is 34.6. The Hall–Kier alpha value is -6.38. The predicted octanol–water partition coefficient (Wildman–Crippen LogP) is 13.1. The van der Waals surface area contributed by atoms with Crippen LogP contribution in [0.1, 0.15) is 47.2 Å². The van der Waals surface area contributed by atoms with Crippen molar-refractivity contribution in [3.8, 4) is 33.8 Å². The highest BCUT2D eigenvalue weighted by Gasteiger charge is 2.51. The molecular weight excluding hydrogens is 631 g/mol. The minimum atomic E-state index is -0.570. The quantitative estimate of drug-likeness (QED) is 0.186. The number of para-hydroxylation sites is 2. The minimum absolute atomic E-state index is 0.0538. The molecule has 8 aromatic carbocycles. The van der Waals surface area contributed by atoms with Gasteiger partial charge >= 0.3 is 0 Å². The fraction of sp³-hybridized carbons (Fsp3) is 0.0800. The molecule has 1 spiro atoms. The molecule has 2 heteroatoms. The first kappa shape index (κ1) is 29.4. The van der Waals surface area contributed by atoms with Crippen LogP contribution in [0.5, 0.6) is 11.5 Å². The van der Waals surface area contributed by atoms with Crippen LogP contribution in [0.25, 0.3) is 33.0 Å². The third-order valence-corrected chi connectivity index (χ3v) is 11.9.